The van der Waals surface area contributed by atoms with Crippen molar-refractivity contribution in [1.29, 1.82) is 0 Å². The third-order valence-electron chi connectivity index (χ3n) is 5.01. The van der Waals surface area contributed by atoms with E-state index in [9.17, 15) is 13.2 Å². The molecular weight excluding hydrogens is 360 g/mol. The molecule has 0 aliphatic heterocycles. The van der Waals surface area contributed by atoms with Gasteiger partial charge in [0.05, 0.1) is 18.0 Å². The van der Waals surface area contributed by atoms with Gasteiger partial charge in [-0.3, -0.25) is 9.10 Å². The second kappa shape index (κ2) is 7.72. The Morgan fingerprint density at radius 3 is 2.63 bits per heavy atom. The van der Waals surface area contributed by atoms with Gasteiger partial charge in [0.15, 0.2) is 0 Å². The van der Waals surface area contributed by atoms with Crippen molar-refractivity contribution >= 4 is 21.6 Å². The number of aryl methyl sites for hydroxylation is 3. The summed E-state index contributed by atoms with van der Waals surface area (Å²) in [7, 11) is -3.58. The van der Waals surface area contributed by atoms with Crippen LogP contribution in [0.2, 0.25) is 0 Å². The third kappa shape index (κ3) is 4.50. The van der Waals surface area contributed by atoms with Crippen LogP contribution in [0.4, 0.5) is 5.69 Å². The SMILES string of the molecule is Cc1ccc(N(CC(=O)N[C@@H]2CCCc3ccccc32)S(C)(=O)=O)c(C)c1. The summed E-state index contributed by atoms with van der Waals surface area (Å²) in [4.78, 5) is 12.7. The molecule has 27 heavy (non-hydrogen) atoms. The summed E-state index contributed by atoms with van der Waals surface area (Å²) in [6, 6.07) is 13.6. The number of fused-ring (bicyclic) bond motifs is 1. The lowest BCUT2D eigenvalue weighted by Crippen LogP contribution is -2.42. The molecular formula is C21H26N2O3S. The van der Waals surface area contributed by atoms with Gasteiger partial charge in [0.1, 0.15) is 6.54 Å². The number of hydrogen-bond donors (Lipinski definition) is 1. The molecule has 0 aromatic heterocycles. The van der Waals surface area contributed by atoms with Crippen molar-refractivity contribution in [1.82, 2.24) is 5.32 Å². The number of carbonyl (C=O) groups is 1. The minimum absolute atomic E-state index is 0.0667. The molecule has 0 unspecified atom stereocenters. The van der Waals surface area contributed by atoms with Crippen LogP contribution in [0.5, 0.6) is 0 Å². The van der Waals surface area contributed by atoms with E-state index >= 15 is 0 Å². The van der Waals surface area contributed by atoms with Gasteiger partial charge in [-0.2, -0.15) is 0 Å². The molecule has 1 atom stereocenters. The molecule has 0 spiro atoms. The van der Waals surface area contributed by atoms with Gasteiger partial charge in [-0.1, -0.05) is 42.0 Å². The fourth-order valence-corrected chi connectivity index (χ4v) is 4.65. The summed E-state index contributed by atoms with van der Waals surface area (Å²) >= 11 is 0. The van der Waals surface area contributed by atoms with Crippen molar-refractivity contribution < 1.29 is 13.2 Å². The normalized spacial score (nSPS) is 16.5. The molecule has 144 valence electrons. The van der Waals surface area contributed by atoms with Crippen LogP contribution in [0.15, 0.2) is 42.5 Å². The van der Waals surface area contributed by atoms with Gasteiger partial charge in [-0.05, 0) is 55.9 Å². The number of hydrogen-bond acceptors (Lipinski definition) is 3. The van der Waals surface area contributed by atoms with Crippen molar-refractivity contribution in [3.8, 4) is 0 Å². The zero-order chi connectivity index (χ0) is 19.6. The Morgan fingerprint density at radius 2 is 1.93 bits per heavy atom. The van der Waals surface area contributed by atoms with Crippen LogP contribution < -0.4 is 9.62 Å². The minimum atomic E-state index is -3.58. The number of carbonyl (C=O) groups excluding carboxylic acids is 1. The largest absolute Gasteiger partial charge is 0.348 e. The summed E-state index contributed by atoms with van der Waals surface area (Å²) in [5.74, 6) is -0.290. The molecule has 1 aliphatic rings. The molecule has 3 rings (SSSR count). The highest BCUT2D eigenvalue weighted by Gasteiger charge is 2.26. The summed E-state index contributed by atoms with van der Waals surface area (Å²) in [5, 5.41) is 3.03. The fourth-order valence-electron chi connectivity index (χ4n) is 3.74. The smallest absolute Gasteiger partial charge is 0.241 e. The Balaban J connectivity index is 1.80. The van der Waals surface area contributed by atoms with Crippen LogP contribution in [0.3, 0.4) is 0 Å². The third-order valence-corrected chi connectivity index (χ3v) is 6.14. The van der Waals surface area contributed by atoms with E-state index in [4.69, 9.17) is 0 Å². The molecule has 0 fully saturated rings. The predicted octanol–water partition coefficient (Wildman–Crippen LogP) is 3.26. The van der Waals surface area contributed by atoms with Gasteiger partial charge in [0.2, 0.25) is 15.9 Å². The lowest BCUT2D eigenvalue weighted by molar-refractivity contribution is -0.120. The summed E-state index contributed by atoms with van der Waals surface area (Å²) in [6.07, 6.45) is 4.02. The standard InChI is InChI=1S/C21H26N2O3S/c1-15-11-12-20(16(2)13-15)23(27(3,25)26)14-21(24)22-19-10-6-8-17-7-4-5-9-18(17)19/h4-5,7,9,11-13,19H,6,8,10,14H2,1-3H3,(H,22,24)/t19-/m1/s1. The first-order valence-corrected chi connectivity index (χ1v) is 11.0. The van der Waals surface area contributed by atoms with Crippen LogP contribution in [0.1, 0.15) is 41.1 Å². The zero-order valence-corrected chi connectivity index (χ0v) is 16.8. The number of amides is 1. The number of nitrogens with one attached hydrogen (secondary N) is 1. The van der Waals surface area contributed by atoms with E-state index < -0.39 is 10.0 Å². The van der Waals surface area contributed by atoms with E-state index in [1.165, 1.54) is 9.87 Å². The minimum Gasteiger partial charge on any atom is -0.348 e. The molecule has 2 aromatic carbocycles. The van der Waals surface area contributed by atoms with E-state index in [0.29, 0.717) is 5.69 Å². The first-order chi connectivity index (χ1) is 12.8. The first kappa shape index (κ1) is 19.4. The van der Waals surface area contributed by atoms with Gasteiger partial charge >= 0.3 is 0 Å². The van der Waals surface area contributed by atoms with Crippen LogP contribution >= 0.6 is 0 Å². The van der Waals surface area contributed by atoms with Crippen molar-refractivity contribution in [3.05, 3.63) is 64.7 Å². The molecule has 1 N–H and O–H groups in total. The van der Waals surface area contributed by atoms with Gasteiger partial charge in [0, 0.05) is 0 Å². The summed E-state index contributed by atoms with van der Waals surface area (Å²) in [5.41, 5.74) is 4.81. The first-order valence-electron chi connectivity index (χ1n) is 9.18. The van der Waals surface area contributed by atoms with Crippen LogP contribution in [-0.2, 0) is 21.2 Å². The van der Waals surface area contributed by atoms with Crippen molar-refractivity contribution in [2.24, 2.45) is 0 Å². The maximum absolute atomic E-state index is 12.7. The highest BCUT2D eigenvalue weighted by Crippen LogP contribution is 2.29. The van der Waals surface area contributed by atoms with E-state index in [2.05, 4.69) is 11.4 Å². The molecule has 2 aromatic rings. The van der Waals surface area contributed by atoms with Crippen LogP contribution in [0, 0.1) is 13.8 Å². The van der Waals surface area contributed by atoms with Gasteiger partial charge < -0.3 is 5.32 Å². The Morgan fingerprint density at radius 1 is 1.19 bits per heavy atom. The van der Waals surface area contributed by atoms with Crippen molar-refractivity contribution in [3.63, 3.8) is 0 Å². The Hall–Kier alpha value is -2.34. The van der Waals surface area contributed by atoms with Gasteiger partial charge in [0.25, 0.3) is 0 Å². The topological polar surface area (TPSA) is 66.5 Å². The van der Waals surface area contributed by atoms with Gasteiger partial charge in [-0.25, -0.2) is 8.42 Å². The second-order valence-corrected chi connectivity index (χ2v) is 9.18. The van der Waals surface area contributed by atoms with E-state index in [0.717, 1.165) is 42.2 Å². The van der Waals surface area contributed by atoms with Crippen LogP contribution in [0.25, 0.3) is 0 Å². The van der Waals surface area contributed by atoms with E-state index in [1.807, 2.05) is 44.2 Å². The maximum Gasteiger partial charge on any atom is 0.241 e. The average Bonchev–Trinajstić information content (AvgIpc) is 2.60. The Bertz CT molecular complexity index is 954. The quantitative estimate of drug-likeness (QED) is 0.858. The number of rotatable bonds is 5. The van der Waals surface area contributed by atoms with Crippen molar-refractivity contribution in [2.45, 2.75) is 39.2 Å². The monoisotopic (exact) mass is 386 g/mol. The molecule has 0 bridgehead atoms. The number of sulfonamides is 1. The Labute approximate surface area is 161 Å². The highest BCUT2D eigenvalue weighted by molar-refractivity contribution is 7.92. The van der Waals surface area contributed by atoms with Gasteiger partial charge in [-0.15, -0.1) is 0 Å². The Kier molecular flexibility index (Phi) is 5.56. The fraction of sp³-hybridized carbons (Fsp3) is 0.381. The van der Waals surface area contributed by atoms with E-state index in [1.54, 1.807) is 6.07 Å². The summed E-state index contributed by atoms with van der Waals surface area (Å²) in [6.45, 7) is 3.59. The lowest BCUT2D eigenvalue weighted by Gasteiger charge is -2.28. The molecule has 6 heteroatoms. The highest BCUT2D eigenvalue weighted by atomic mass is 32.2. The summed E-state index contributed by atoms with van der Waals surface area (Å²) < 4.78 is 25.9. The molecule has 0 heterocycles. The molecule has 0 saturated heterocycles. The second-order valence-electron chi connectivity index (χ2n) is 7.27. The molecule has 1 aliphatic carbocycles. The maximum atomic E-state index is 12.7. The molecule has 5 nitrogen and oxygen atoms in total. The lowest BCUT2D eigenvalue weighted by atomic mass is 9.88. The average molecular weight is 387 g/mol. The zero-order valence-electron chi connectivity index (χ0n) is 16.0. The van der Waals surface area contributed by atoms with Crippen LogP contribution in [-0.4, -0.2) is 27.1 Å². The number of anilines is 1. The number of nitrogens with zero attached hydrogens (tertiary/aromatic N) is 1. The molecule has 0 radical (unpaired) electrons. The van der Waals surface area contributed by atoms with E-state index in [-0.39, 0.29) is 18.5 Å². The van der Waals surface area contributed by atoms with Crippen molar-refractivity contribution in [2.75, 3.05) is 17.1 Å². The molecule has 1 amide bonds. The predicted molar refractivity (Wildman–Crippen MR) is 108 cm³/mol. The number of benzene rings is 2. The molecule has 0 saturated carbocycles.